The molecule has 2 atom stereocenters. The Morgan fingerprint density at radius 1 is 1.60 bits per heavy atom. The predicted octanol–water partition coefficient (Wildman–Crippen LogP) is 0.988. The van der Waals surface area contributed by atoms with Gasteiger partial charge in [0.15, 0.2) is 0 Å². The molecule has 0 radical (unpaired) electrons. The third-order valence-corrected chi connectivity index (χ3v) is 3.19. The zero-order valence-electron chi connectivity index (χ0n) is 9.60. The topological polar surface area (TPSA) is 46.1 Å². The van der Waals surface area contributed by atoms with Crippen LogP contribution in [-0.4, -0.2) is 39.3 Å². The number of nitrogens with zero attached hydrogens (tertiary/aromatic N) is 3. The molecule has 1 rings (SSSR count). The molecule has 0 aromatic carbocycles. The second-order valence-electron chi connectivity index (χ2n) is 3.70. The van der Waals surface area contributed by atoms with Gasteiger partial charge in [-0.1, -0.05) is 0 Å². The Hall–Kier alpha value is -0.970. The molecule has 0 bridgehead atoms. The summed E-state index contributed by atoms with van der Waals surface area (Å²) in [4.78, 5) is 10.5. The van der Waals surface area contributed by atoms with Crippen LogP contribution in [0.5, 0.6) is 0 Å². The van der Waals surface area contributed by atoms with Crippen molar-refractivity contribution in [1.29, 1.82) is 0 Å². The van der Waals surface area contributed by atoms with E-state index >= 15 is 0 Å². The molecule has 1 aromatic rings. The van der Waals surface area contributed by atoms with Crippen molar-refractivity contribution in [1.82, 2.24) is 9.97 Å². The van der Waals surface area contributed by atoms with E-state index in [0.29, 0.717) is 11.7 Å². The number of aryl methyl sites for hydroxylation is 1. The first kappa shape index (κ1) is 12.1. The third-order valence-electron chi connectivity index (χ3n) is 2.23. The highest BCUT2D eigenvalue weighted by Crippen LogP contribution is 2.09. The van der Waals surface area contributed by atoms with Crippen molar-refractivity contribution in [3.8, 4) is 0 Å². The smallest absolute Gasteiger partial charge is 0.225 e. The summed E-state index contributed by atoms with van der Waals surface area (Å²) in [6.45, 7) is 3.95. The van der Waals surface area contributed by atoms with Gasteiger partial charge in [0.1, 0.15) is 0 Å². The van der Waals surface area contributed by atoms with E-state index in [2.05, 4.69) is 9.97 Å². The monoisotopic (exact) mass is 227 g/mol. The lowest BCUT2D eigenvalue weighted by molar-refractivity contribution is 0.671. The fourth-order valence-corrected chi connectivity index (χ4v) is 2.16. The van der Waals surface area contributed by atoms with E-state index in [-0.39, 0.29) is 6.04 Å². The zero-order valence-corrected chi connectivity index (χ0v) is 10.4. The standard InChI is InChI=1S/C10H17N3OS/c1-8-5-6-11-10(12-8)13(3)9(2)7-15(4)14/h5-6,9H,7H2,1-4H3/t9-,15+/m1/s1. The highest BCUT2D eigenvalue weighted by Gasteiger charge is 2.13. The predicted molar refractivity (Wildman–Crippen MR) is 63.6 cm³/mol. The van der Waals surface area contributed by atoms with Gasteiger partial charge in [-0.2, -0.15) is 0 Å². The van der Waals surface area contributed by atoms with Gasteiger partial charge in [0.05, 0.1) is 0 Å². The van der Waals surface area contributed by atoms with Crippen molar-refractivity contribution in [3.05, 3.63) is 18.0 Å². The molecule has 0 aliphatic carbocycles. The zero-order chi connectivity index (χ0) is 11.4. The fraction of sp³-hybridized carbons (Fsp3) is 0.600. The molecule has 0 spiro atoms. The Bertz CT molecular complexity index is 356. The number of rotatable bonds is 4. The number of aromatic nitrogens is 2. The summed E-state index contributed by atoms with van der Waals surface area (Å²) in [7, 11) is 1.13. The lowest BCUT2D eigenvalue weighted by Gasteiger charge is -2.24. The van der Waals surface area contributed by atoms with E-state index < -0.39 is 10.8 Å². The fourth-order valence-electron chi connectivity index (χ4n) is 1.25. The van der Waals surface area contributed by atoms with Crippen LogP contribution in [0.2, 0.25) is 0 Å². The molecule has 5 heteroatoms. The van der Waals surface area contributed by atoms with Crippen molar-refractivity contribution < 1.29 is 4.21 Å². The summed E-state index contributed by atoms with van der Waals surface area (Å²) in [6.07, 6.45) is 3.45. The van der Waals surface area contributed by atoms with E-state index in [1.807, 2.05) is 31.9 Å². The van der Waals surface area contributed by atoms with Gasteiger partial charge >= 0.3 is 0 Å². The molecule has 0 saturated heterocycles. The first-order valence-corrected chi connectivity index (χ1v) is 6.56. The van der Waals surface area contributed by atoms with Gasteiger partial charge in [0, 0.05) is 47.8 Å². The number of hydrogen-bond donors (Lipinski definition) is 0. The molecule has 0 amide bonds. The van der Waals surface area contributed by atoms with Crippen LogP contribution in [-0.2, 0) is 10.8 Å². The van der Waals surface area contributed by atoms with E-state index in [1.165, 1.54) is 0 Å². The third kappa shape index (κ3) is 3.58. The normalized spacial score (nSPS) is 14.7. The average Bonchev–Trinajstić information content (AvgIpc) is 2.15. The molecule has 1 heterocycles. The highest BCUT2D eigenvalue weighted by molar-refractivity contribution is 7.84. The second kappa shape index (κ2) is 5.21. The van der Waals surface area contributed by atoms with E-state index in [9.17, 15) is 4.21 Å². The molecule has 1 aromatic heterocycles. The van der Waals surface area contributed by atoms with Crippen molar-refractivity contribution in [3.63, 3.8) is 0 Å². The van der Waals surface area contributed by atoms with Crippen molar-refractivity contribution >= 4 is 16.7 Å². The molecular formula is C10H17N3OS. The van der Waals surface area contributed by atoms with Crippen molar-refractivity contribution in [2.45, 2.75) is 19.9 Å². The molecule has 0 aliphatic heterocycles. The molecule has 0 unspecified atom stereocenters. The Morgan fingerprint density at radius 2 is 2.27 bits per heavy atom. The molecule has 0 aliphatic rings. The SMILES string of the molecule is Cc1ccnc(N(C)[C@H](C)C[S@](C)=O)n1. The maximum atomic E-state index is 11.1. The van der Waals surface area contributed by atoms with Crippen molar-refractivity contribution in [2.75, 3.05) is 24.0 Å². The lowest BCUT2D eigenvalue weighted by atomic mass is 10.3. The lowest BCUT2D eigenvalue weighted by Crippen LogP contribution is -2.34. The number of hydrogen-bond acceptors (Lipinski definition) is 4. The number of anilines is 1. The average molecular weight is 227 g/mol. The summed E-state index contributed by atoms with van der Waals surface area (Å²) < 4.78 is 11.1. The van der Waals surface area contributed by atoms with Crippen LogP contribution in [0.4, 0.5) is 5.95 Å². The van der Waals surface area contributed by atoms with Crippen LogP contribution in [0.15, 0.2) is 12.3 Å². The van der Waals surface area contributed by atoms with Gasteiger partial charge < -0.3 is 4.90 Å². The summed E-state index contributed by atoms with van der Waals surface area (Å²) >= 11 is 0. The van der Waals surface area contributed by atoms with Crippen molar-refractivity contribution in [2.24, 2.45) is 0 Å². The first-order chi connectivity index (χ1) is 7.00. The van der Waals surface area contributed by atoms with Gasteiger partial charge in [-0.25, -0.2) is 9.97 Å². The molecular weight excluding hydrogens is 210 g/mol. The molecule has 4 nitrogen and oxygen atoms in total. The summed E-state index contributed by atoms with van der Waals surface area (Å²) in [5.74, 6) is 1.32. The van der Waals surface area contributed by atoms with E-state index in [1.54, 1.807) is 12.5 Å². The maximum Gasteiger partial charge on any atom is 0.225 e. The quantitative estimate of drug-likeness (QED) is 0.769. The Kier molecular flexibility index (Phi) is 4.20. The van der Waals surface area contributed by atoms with Crippen LogP contribution in [0.25, 0.3) is 0 Å². The second-order valence-corrected chi connectivity index (χ2v) is 5.18. The molecule has 0 fully saturated rings. The van der Waals surface area contributed by atoms with Gasteiger partial charge in [0.25, 0.3) is 0 Å². The maximum absolute atomic E-state index is 11.1. The van der Waals surface area contributed by atoms with Crippen LogP contribution in [0.3, 0.4) is 0 Å². The molecule has 15 heavy (non-hydrogen) atoms. The molecule has 0 saturated carbocycles. The minimum absolute atomic E-state index is 0.178. The van der Waals surface area contributed by atoms with Crippen LogP contribution in [0.1, 0.15) is 12.6 Å². The summed E-state index contributed by atoms with van der Waals surface area (Å²) in [6, 6.07) is 2.04. The Balaban J connectivity index is 2.75. The van der Waals surface area contributed by atoms with Gasteiger partial charge in [-0.3, -0.25) is 4.21 Å². The van der Waals surface area contributed by atoms with E-state index in [0.717, 1.165) is 5.69 Å². The van der Waals surface area contributed by atoms with Gasteiger partial charge in [0.2, 0.25) is 5.95 Å². The highest BCUT2D eigenvalue weighted by atomic mass is 32.2. The largest absolute Gasteiger partial charge is 0.340 e. The van der Waals surface area contributed by atoms with Crippen LogP contribution in [0, 0.1) is 6.92 Å². The molecule has 84 valence electrons. The van der Waals surface area contributed by atoms with Gasteiger partial charge in [-0.05, 0) is 19.9 Å². The van der Waals surface area contributed by atoms with Gasteiger partial charge in [-0.15, -0.1) is 0 Å². The minimum atomic E-state index is -0.793. The van der Waals surface area contributed by atoms with E-state index in [4.69, 9.17) is 0 Å². The summed E-state index contributed by atoms with van der Waals surface area (Å²) in [5, 5.41) is 0. The summed E-state index contributed by atoms with van der Waals surface area (Å²) in [5.41, 5.74) is 0.941. The minimum Gasteiger partial charge on any atom is -0.340 e. The first-order valence-electron chi connectivity index (χ1n) is 4.83. The Labute approximate surface area is 93.2 Å². The molecule has 0 N–H and O–H groups in total. The Morgan fingerprint density at radius 3 is 2.80 bits per heavy atom. The van der Waals surface area contributed by atoms with Crippen LogP contribution >= 0.6 is 0 Å². The van der Waals surface area contributed by atoms with Crippen LogP contribution < -0.4 is 4.90 Å².